The van der Waals surface area contributed by atoms with Crippen LogP contribution < -0.4 is 5.32 Å². The normalized spacial score (nSPS) is 12.9. The Bertz CT molecular complexity index is 1250. The Kier molecular flexibility index (Phi) is 5.20. The number of benzene rings is 3. The highest BCUT2D eigenvalue weighted by molar-refractivity contribution is 5.78. The summed E-state index contributed by atoms with van der Waals surface area (Å²) in [6, 6.07) is 30.1. The first-order chi connectivity index (χ1) is 15.3. The highest BCUT2D eigenvalue weighted by Gasteiger charge is 2.07. The number of rotatable bonds is 4. The van der Waals surface area contributed by atoms with E-state index in [1.54, 1.807) is 0 Å². The van der Waals surface area contributed by atoms with Crippen LogP contribution in [0.3, 0.4) is 0 Å². The van der Waals surface area contributed by atoms with E-state index in [4.69, 9.17) is 4.98 Å². The molecule has 1 aliphatic rings. The fourth-order valence-corrected chi connectivity index (χ4v) is 3.99. The average Bonchev–Trinajstić information content (AvgIpc) is 2.85. The van der Waals surface area contributed by atoms with Crippen molar-refractivity contribution in [3.05, 3.63) is 121 Å². The van der Waals surface area contributed by atoms with Crippen molar-refractivity contribution < 1.29 is 0 Å². The van der Waals surface area contributed by atoms with E-state index in [0.29, 0.717) is 0 Å². The maximum atomic E-state index is 4.76. The summed E-state index contributed by atoms with van der Waals surface area (Å²) < 4.78 is 0. The summed E-state index contributed by atoms with van der Waals surface area (Å²) in [4.78, 5) is 4.76. The predicted octanol–water partition coefficient (Wildman–Crippen LogP) is 6.89. The third-order valence-electron chi connectivity index (χ3n) is 5.62. The van der Waals surface area contributed by atoms with Gasteiger partial charge in [0.05, 0.1) is 5.69 Å². The molecular formula is C29H24N2. The van der Waals surface area contributed by atoms with Gasteiger partial charge in [-0.3, -0.25) is 4.98 Å². The Labute approximate surface area is 183 Å². The van der Waals surface area contributed by atoms with Gasteiger partial charge in [0.2, 0.25) is 0 Å². The van der Waals surface area contributed by atoms with E-state index >= 15 is 0 Å². The van der Waals surface area contributed by atoms with Gasteiger partial charge >= 0.3 is 0 Å². The molecule has 0 amide bonds. The maximum Gasteiger partial charge on any atom is 0.0702 e. The highest BCUT2D eigenvalue weighted by Crippen LogP contribution is 2.29. The molecule has 0 fully saturated rings. The van der Waals surface area contributed by atoms with Crippen molar-refractivity contribution in [3.63, 3.8) is 0 Å². The van der Waals surface area contributed by atoms with Gasteiger partial charge in [-0.25, -0.2) is 0 Å². The van der Waals surface area contributed by atoms with Gasteiger partial charge in [-0.05, 0) is 70.8 Å². The van der Waals surface area contributed by atoms with E-state index in [-0.39, 0.29) is 0 Å². The summed E-state index contributed by atoms with van der Waals surface area (Å²) >= 11 is 0. The molecule has 1 aliphatic heterocycles. The standard InChI is InChI=1S/C29H24N2/c1-21-17-27(24-9-7-23(8-10-24)25-13-15-30-16-14-25)19-28(18-21)29-12-11-26(20-31-29)22-5-3-2-4-6-22/h2-15,17-20,30H,16H2,1H3. The van der Waals surface area contributed by atoms with Crippen molar-refractivity contribution in [3.8, 4) is 33.5 Å². The molecule has 2 heteroatoms. The monoisotopic (exact) mass is 400 g/mol. The van der Waals surface area contributed by atoms with Crippen LogP contribution in [0.4, 0.5) is 0 Å². The van der Waals surface area contributed by atoms with Crippen LogP contribution in [0.2, 0.25) is 0 Å². The van der Waals surface area contributed by atoms with Gasteiger partial charge in [0.15, 0.2) is 0 Å². The third-order valence-corrected chi connectivity index (χ3v) is 5.62. The lowest BCUT2D eigenvalue weighted by molar-refractivity contribution is 0.976. The van der Waals surface area contributed by atoms with Gasteiger partial charge in [-0.15, -0.1) is 0 Å². The van der Waals surface area contributed by atoms with Crippen molar-refractivity contribution >= 4 is 5.57 Å². The quantitative estimate of drug-likeness (QED) is 0.403. The minimum Gasteiger partial charge on any atom is -0.387 e. The molecular weight excluding hydrogens is 376 g/mol. The zero-order valence-electron chi connectivity index (χ0n) is 17.5. The molecule has 3 aromatic carbocycles. The average molecular weight is 401 g/mol. The largest absolute Gasteiger partial charge is 0.387 e. The number of pyridine rings is 1. The second-order valence-electron chi connectivity index (χ2n) is 7.86. The lowest BCUT2D eigenvalue weighted by Crippen LogP contribution is -2.08. The molecule has 0 atom stereocenters. The van der Waals surface area contributed by atoms with E-state index in [1.807, 2.05) is 18.5 Å². The van der Waals surface area contributed by atoms with E-state index in [1.165, 1.54) is 33.4 Å². The van der Waals surface area contributed by atoms with Crippen molar-refractivity contribution in [1.82, 2.24) is 10.3 Å². The molecule has 1 aromatic heterocycles. The SMILES string of the molecule is Cc1cc(-c2ccc(C3=CCNC=C3)cc2)cc(-c2ccc(-c3ccccc3)cn2)c1. The highest BCUT2D eigenvalue weighted by atomic mass is 14.8. The van der Waals surface area contributed by atoms with E-state index in [0.717, 1.165) is 23.4 Å². The first-order valence-electron chi connectivity index (χ1n) is 10.6. The summed E-state index contributed by atoms with van der Waals surface area (Å²) in [6.45, 7) is 3.02. The third kappa shape index (κ3) is 4.19. The Morgan fingerprint density at radius 2 is 1.39 bits per heavy atom. The first-order valence-corrected chi connectivity index (χ1v) is 10.6. The molecule has 0 aliphatic carbocycles. The van der Waals surface area contributed by atoms with Crippen molar-refractivity contribution in [1.29, 1.82) is 0 Å². The number of aromatic nitrogens is 1. The van der Waals surface area contributed by atoms with Crippen LogP contribution in [0.5, 0.6) is 0 Å². The van der Waals surface area contributed by atoms with Crippen LogP contribution in [-0.4, -0.2) is 11.5 Å². The summed E-state index contributed by atoms with van der Waals surface area (Å²) in [5, 5.41) is 3.20. The Morgan fingerprint density at radius 3 is 2.10 bits per heavy atom. The number of nitrogens with zero attached hydrogens (tertiary/aromatic N) is 1. The molecule has 0 bridgehead atoms. The van der Waals surface area contributed by atoms with Gasteiger partial charge in [0.25, 0.3) is 0 Å². The number of hydrogen-bond acceptors (Lipinski definition) is 2. The molecule has 150 valence electrons. The number of aryl methyl sites for hydroxylation is 1. The summed E-state index contributed by atoms with van der Waals surface area (Å²) in [6.07, 6.45) is 8.30. The van der Waals surface area contributed by atoms with Crippen LogP contribution in [0.1, 0.15) is 11.1 Å². The predicted molar refractivity (Wildman–Crippen MR) is 130 cm³/mol. The van der Waals surface area contributed by atoms with Crippen molar-refractivity contribution in [2.45, 2.75) is 6.92 Å². The van der Waals surface area contributed by atoms with Crippen LogP contribution in [0.15, 0.2) is 109 Å². The molecule has 0 spiro atoms. The molecule has 5 rings (SSSR count). The molecule has 0 saturated carbocycles. The van der Waals surface area contributed by atoms with Crippen molar-refractivity contribution in [2.75, 3.05) is 6.54 Å². The zero-order chi connectivity index (χ0) is 21.0. The summed E-state index contributed by atoms with van der Waals surface area (Å²) in [5.41, 5.74) is 10.6. The number of dihydropyridines is 1. The van der Waals surface area contributed by atoms with Crippen LogP contribution in [-0.2, 0) is 0 Å². The molecule has 0 radical (unpaired) electrons. The lowest BCUT2D eigenvalue weighted by Gasteiger charge is -2.11. The molecule has 1 N–H and O–H groups in total. The second-order valence-corrected chi connectivity index (χ2v) is 7.86. The Hall–Kier alpha value is -3.91. The van der Waals surface area contributed by atoms with Gasteiger partial charge in [0.1, 0.15) is 0 Å². The second kappa shape index (κ2) is 8.45. The van der Waals surface area contributed by atoms with E-state index in [9.17, 15) is 0 Å². The van der Waals surface area contributed by atoms with E-state index in [2.05, 4.69) is 103 Å². The minimum absolute atomic E-state index is 0.880. The summed E-state index contributed by atoms with van der Waals surface area (Å²) in [5.74, 6) is 0. The first kappa shape index (κ1) is 19.1. The molecule has 2 nitrogen and oxygen atoms in total. The fourth-order valence-electron chi connectivity index (χ4n) is 3.99. The molecule has 0 unspecified atom stereocenters. The Balaban J connectivity index is 1.44. The van der Waals surface area contributed by atoms with E-state index < -0.39 is 0 Å². The topological polar surface area (TPSA) is 24.9 Å². The zero-order valence-corrected chi connectivity index (χ0v) is 17.5. The van der Waals surface area contributed by atoms with Crippen LogP contribution in [0, 0.1) is 6.92 Å². The smallest absolute Gasteiger partial charge is 0.0702 e. The van der Waals surface area contributed by atoms with Gasteiger partial charge in [-0.1, -0.05) is 72.8 Å². The molecule has 0 saturated heterocycles. The molecule has 31 heavy (non-hydrogen) atoms. The maximum absolute atomic E-state index is 4.76. The molecule has 2 heterocycles. The van der Waals surface area contributed by atoms with Crippen LogP contribution >= 0.6 is 0 Å². The number of allylic oxidation sites excluding steroid dienone is 2. The minimum atomic E-state index is 0.880. The van der Waals surface area contributed by atoms with Gasteiger partial charge in [0, 0.05) is 23.9 Å². The van der Waals surface area contributed by atoms with Crippen LogP contribution in [0.25, 0.3) is 39.1 Å². The number of hydrogen-bond donors (Lipinski definition) is 1. The number of nitrogens with one attached hydrogen (secondary N) is 1. The Morgan fingerprint density at radius 1 is 0.677 bits per heavy atom. The fraction of sp³-hybridized carbons (Fsp3) is 0.0690. The molecule has 4 aromatic rings. The van der Waals surface area contributed by atoms with Gasteiger partial charge < -0.3 is 5.32 Å². The lowest BCUT2D eigenvalue weighted by atomic mass is 9.96. The van der Waals surface area contributed by atoms with Gasteiger partial charge in [-0.2, -0.15) is 0 Å². The summed E-state index contributed by atoms with van der Waals surface area (Å²) in [7, 11) is 0. The van der Waals surface area contributed by atoms with Crippen molar-refractivity contribution in [2.24, 2.45) is 0 Å².